The molecule has 0 saturated heterocycles. The molecular formula is C22H21F2N5O. The molecule has 1 aliphatic carbocycles. The van der Waals surface area contributed by atoms with Crippen molar-refractivity contribution in [1.82, 2.24) is 20.3 Å². The van der Waals surface area contributed by atoms with E-state index >= 15 is 0 Å². The van der Waals surface area contributed by atoms with Crippen LogP contribution < -0.4 is 10.6 Å². The standard InChI is InChI=1S/C22H21F2N5O/c1-25-20(30)15-5-2-4-14(8-15)16-11-27-21(28-12-16)29-13-22(9-17(23)10-22)19-18(24)6-3-7-26-19/h2-8,11-12,17H,9-10,13H2,1H3,(H,25,30)(H,27,28,29). The third-order valence-corrected chi connectivity index (χ3v) is 5.41. The molecule has 0 aliphatic heterocycles. The van der Waals surface area contributed by atoms with Gasteiger partial charge in [0.15, 0.2) is 0 Å². The summed E-state index contributed by atoms with van der Waals surface area (Å²) < 4.78 is 27.9. The highest BCUT2D eigenvalue weighted by atomic mass is 19.1. The molecule has 1 aliphatic rings. The SMILES string of the molecule is CNC(=O)c1cccc(-c2cnc(NCC3(c4ncccc4F)CC(F)C3)nc2)c1. The normalized spacial score (nSPS) is 20.3. The lowest BCUT2D eigenvalue weighted by Gasteiger charge is -2.43. The van der Waals surface area contributed by atoms with Crippen molar-refractivity contribution >= 4 is 11.9 Å². The molecule has 2 N–H and O–H groups in total. The van der Waals surface area contributed by atoms with Gasteiger partial charge in [-0.05, 0) is 42.7 Å². The molecule has 2 heterocycles. The van der Waals surface area contributed by atoms with Gasteiger partial charge < -0.3 is 10.6 Å². The highest BCUT2D eigenvalue weighted by molar-refractivity contribution is 5.95. The molecule has 1 saturated carbocycles. The van der Waals surface area contributed by atoms with Crippen molar-refractivity contribution < 1.29 is 13.6 Å². The summed E-state index contributed by atoms with van der Waals surface area (Å²) in [5.41, 5.74) is 1.67. The first-order chi connectivity index (χ1) is 14.5. The highest BCUT2D eigenvalue weighted by Gasteiger charge is 2.48. The molecule has 1 amide bonds. The van der Waals surface area contributed by atoms with E-state index in [1.54, 1.807) is 37.6 Å². The number of anilines is 1. The number of nitrogens with one attached hydrogen (secondary N) is 2. The van der Waals surface area contributed by atoms with Gasteiger partial charge in [-0.1, -0.05) is 12.1 Å². The van der Waals surface area contributed by atoms with Crippen LogP contribution in [-0.2, 0) is 5.41 Å². The number of nitrogens with zero attached hydrogens (tertiary/aromatic N) is 3. The number of alkyl halides is 1. The minimum Gasteiger partial charge on any atom is -0.355 e. The fraction of sp³-hybridized carbons (Fsp3) is 0.273. The van der Waals surface area contributed by atoms with Crippen LogP contribution in [0.5, 0.6) is 0 Å². The zero-order valence-electron chi connectivity index (χ0n) is 16.4. The zero-order valence-corrected chi connectivity index (χ0v) is 16.4. The molecule has 154 valence electrons. The molecule has 3 aromatic rings. The van der Waals surface area contributed by atoms with Gasteiger partial charge in [0.2, 0.25) is 5.95 Å². The summed E-state index contributed by atoms with van der Waals surface area (Å²) in [7, 11) is 1.58. The molecule has 1 aromatic carbocycles. The van der Waals surface area contributed by atoms with Crippen molar-refractivity contribution in [3.8, 4) is 11.1 Å². The predicted octanol–water partition coefficient (Wildman–Crippen LogP) is 3.52. The van der Waals surface area contributed by atoms with Gasteiger partial charge in [-0.25, -0.2) is 18.7 Å². The summed E-state index contributed by atoms with van der Waals surface area (Å²) in [6, 6.07) is 10.0. The maximum Gasteiger partial charge on any atom is 0.251 e. The molecule has 0 radical (unpaired) electrons. The maximum absolute atomic E-state index is 14.2. The molecule has 4 rings (SSSR count). The first-order valence-electron chi connectivity index (χ1n) is 9.64. The van der Waals surface area contributed by atoms with Gasteiger partial charge in [0, 0.05) is 48.7 Å². The second-order valence-electron chi connectivity index (χ2n) is 7.43. The van der Waals surface area contributed by atoms with E-state index in [1.165, 1.54) is 18.3 Å². The van der Waals surface area contributed by atoms with E-state index in [0.29, 0.717) is 11.5 Å². The molecule has 2 aromatic heterocycles. The van der Waals surface area contributed by atoms with Crippen LogP contribution in [0.15, 0.2) is 55.0 Å². The molecule has 0 spiro atoms. The summed E-state index contributed by atoms with van der Waals surface area (Å²) >= 11 is 0. The molecular weight excluding hydrogens is 388 g/mol. The summed E-state index contributed by atoms with van der Waals surface area (Å²) in [4.78, 5) is 24.6. The van der Waals surface area contributed by atoms with Gasteiger partial charge in [0.25, 0.3) is 5.91 Å². The van der Waals surface area contributed by atoms with E-state index in [-0.39, 0.29) is 31.0 Å². The Morgan fingerprint density at radius 3 is 2.57 bits per heavy atom. The van der Waals surface area contributed by atoms with E-state index in [4.69, 9.17) is 0 Å². The Balaban J connectivity index is 1.49. The molecule has 6 nitrogen and oxygen atoms in total. The topological polar surface area (TPSA) is 79.8 Å². The van der Waals surface area contributed by atoms with E-state index < -0.39 is 17.4 Å². The Labute approximate surface area is 172 Å². The number of carbonyl (C=O) groups is 1. The monoisotopic (exact) mass is 409 g/mol. The summed E-state index contributed by atoms with van der Waals surface area (Å²) in [6.45, 7) is 0.285. The van der Waals surface area contributed by atoms with Gasteiger partial charge in [0.1, 0.15) is 12.0 Å². The third-order valence-electron chi connectivity index (χ3n) is 5.41. The van der Waals surface area contributed by atoms with Crippen LogP contribution in [0.1, 0.15) is 28.9 Å². The van der Waals surface area contributed by atoms with Gasteiger partial charge in [-0.15, -0.1) is 0 Å². The number of hydrogen-bond donors (Lipinski definition) is 2. The number of hydrogen-bond acceptors (Lipinski definition) is 5. The summed E-state index contributed by atoms with van der Waals surface area (Å²) in [6.07, 6.45) is 4.25. The van der Waals surface area contributed by atoms with Crippen molar-refractivity contribution in [3.63, 3.8) is 0 Å². The summed E-state index contributed by atoms with van der Waals surface area (Å²) in [5.74, 6) is -0.243. The van der Waals surface area contributed by atoms with Gasteiger partial charge >= 0.3 is 0 Å². The van der Waals surface area contributed by atoms with Crippen molar-refractivity contribution in [3.05, 3.63) is 72.1 Å². The van der Waals surface area contributed by atoms with Gasteiger partial charge in [-0.3, -0.25) is 9.78 Å². The molecule has 0 bridgehead atoms. The minimum absolute atomic E-state index is 0.172. The fourth-order valence-electron chi connectivity index (χ4n) is 3.79. The van der Waals surface area contributed by atoms with E-state index in [9.17, 15) is 13.6 Å². The quantitative estimate of drug-likeness (QED) is 0.651. The number of aromatic nitrogens is 3. The highest BCUT2D eigenvalue weighted by Crippen LogP contribution is 2.45. The van der Waals surface area contributed by atoms with Gasteiger partial charge in [0.05, 0.1) is 5.69 Å². The van der Waals surface area contributed by atoms with Crippen LogP contribution in [0.4, 0.5) is 14.7 Å². The molecule has 30 heavy (non-hydrogen) atoms. The first-order valence-corrected chi connectivity index (χ1v) is 9.64. The van der Waals surface area contributed by atoms with Crippen LogP contribution in [0.2, 0.25) is 0 Å². The molecule has 0 atom stereocenters. The second kappa shape index (κ2) is 8.14. The number of rotatable bonds is 6. The lowest BCUT2D eigenvalue weighted by Crippen LogP contribution is -2.49. The van der Waals surface area contributed by atoms with E-state index in [1.807, 2.05) is 6.07 Å². The zero-order chi connectivity index (χ0) is 21.1. The lowest BCUT2D eigenvalue weighted by atomic mass is 9.65. The van der Waals surface area contributed by atoms with E-state index in [0.717, 1.165) is 11.1 Å². The Kier molecular flexibility index (Phi) is 5.39. The van der Waals surface area contributed by atoms with E-state index in [2.05, 4.69) is 25.6 Å². The smallest absolute Gasteiger partial charge is 0.251 e. The van der Waals surface area contributed by atoms with Crippen LogP contribution in [-0.4, -0.2) is 40.6 Å². The number of carbonyl (C=O) groups excluding carboxylic acids is 1. The molecule has 0 unspecified atom stereocenters. The first kappa shape index (κ1) is 19.9. The minimum atomic E-state index is -0.968. The number of pyridine rings is 1. The second-order valence-corrected chi connectivity index (χ2v) is 7.43. The number of amides is 1. The van der Waals surface area contributed by atoms with Crippen molar-refractivity contribution in [2.24, 2.45) is 0 Å². The van der Waals surface area contributed by atoms with Crippen molar-refractivity contribution in [2.45, 2.75) is 24.4 Å². The average Bonchev–Trinajstić information content (AvgIpc) is 2.76. The molecule has 1 fully saturated rings. The van der Waals surface area contributed by atoms with Crippen molar-refractivity contribution in [1.29, 1.82) is 0 Å². The Morgan fingerprint density at radius 1 is 1.13 bits per heavy atom. The number of benzene rings is 1. The Bertz CT molecular complexity index is 1050. The summed E-state index contributed by atoms with van der Waals surface area (Å²) in [5, 5.41) is 5.68. The van der Waals surface area contributed by atoms with Crippen LogP contribution in [0.25, 0.3) is 11.1 Å². The largest absolute Gasteiger partial charge is 0.355 e. The van der Waals surface area contributed by atoms with Crippen LogP contribution in [0, 0.1) is 5.82 Å². The lowest BCUT2D eigenvalue weighted by molar-refractivity contribution is 0.0958. The van der Waals surface area contributed by atoms with Crippen LogP contribution >= 0.6 is 0 Å². The fourth-order valence-corrected chi connectivity index (χ4v) is 3.79. The van der Waals surface area contributed by atoms with Crippen LogP contribution in [0.3, 0.4) is 0 Å². The predicted molar refractivity (Wildman–Crippen MR) is 109 cm³/mol. The Hall–Kier alpha value is -3.42. The Morgan fingerprint density at radius 2 is 1.90 bits per heavy atom. The number of halogens is 2. The third kappa shape index (κ3) is 3.85. The molecule has 8 heteroatoms. The maximum atomic E-state index is 14.2. The van der Waals surface area contributed by atoms with Gasteiger partial charge in [-0.2, -0.15) is 0 Å². The van der Waals surface area contributed by atoms with Crippen molar-refractivity contribution in [2.75, 3.05) is 18.9 Å². The average molecular weight is 409 g/mol.